The van der Waals surface area contributed by atoms with Crippen LogP contribution in [0.1, 0.15) is 16.9 Å². The van der Waals surface area contributed by atoms with Gasteiger partial charge in [-0.1, -0.05) is 11.6 Å². The number of imide groups is 1. The van der Waals surface area contributed by atoms with Gasteiger partial charge in [-0.2, -0.15) is 0 Å². The first kappa shape index (κ1) is 20.9. The molecule has 7 nitrogen and oxygen atoms in total. The van der Waals surface area contributed by atoms with Gasteiger partial charge in [0.15, 0.2) is 6.17 Å². The zero-order valence-electron chi connectivity index (χ0n) is 17.7. The van der Waals surface area contributed by atoms with E-state index in [2.05, 4.69) is 15.3 Å². The van der Waals surface area contributed by atoms with Crippen molar-refractivity contribution < 1.29 is 18.7 Å². The average molecular weight is 487 g/mol. The first-order chi connectivity index (χ1) is 15.9. The van der Waals surface area contributed by atoms with Crippen molar-refractivity contribution in [3.05, 3.63) is 40.0 Å². The highest BCUT2D eigenvalue weighted by Gasteiger charge is 2.58. The molecule has 1 saturated carbocycles. The molecule has 1 aromatic carbocycles. The molecule has 3 aliphatic rings. The van der Waals surface area contributed by atoms with Gasteiger partial charge in [-0.3, -0.25) is 14.5 Å². The second-order valence-corrected chi connectivity index (χ2v) is 10.4. The fraction of sp³-hybridized carbons (Fsp3) is 0.391. The van der Waals surface area contributed by atoms with E-state index in [1.165, 1.54) is 22.6 Å². The lowest BCUT2D eigenvalue weighted by molar-refractivity contribution is -0.141. The van der Waals surface area contributed by atoms with Gasteiger partial charge in [-0.05, 0) is 37.1 Å². The average Bonchev–Trinajstić information content (AvgIpc) is 3.22. The van der Waals surface area contributed by atoms with Crippen LogP contribution in [0.5, 0.6) is 5.75 Å². The van der Waals surface area contributed by atoms with Crippen molar-refractivity contribution in [3.63, 3.8) is 0 Å². The summed E-state index contributed by atoms with van der Waals surface area (Å²) in [5, 5.41) is 3.52. The van der Waals surface area contributed by atoms with Gasteiger partial charge in [0.25, 0.3) is 0 Å². The second-order valence-electron chi connectivity index (χ2n) is 8.79. The predicted octanol–water partition coefficient (Wildman–Crippen LogP) is 3.51. The number of benzene rings is 1. The SMILES string of the molecule is Cc1cc(Cl)cc(-c2ncnc3cc(CN4C(=O)C5CC5C4=O)sc23)c1O[C@@H]1CNC[C@@H]1F. The Morgan fingerprint density at radius 2 is 2.00 bits per heavy atom. The maximum atomic E-state index is 14.3. The third-order valence-corrected chi connectivity index (χ3v) is 7.82. The van der Waals surface area contributed by atoms with Crippen molar-refractivity contribution in [2.75, 3.05) is 13.1 Å². The van der Waals surface area contributed by atoms with Crippen LogP contribution in [0.2, 0.25) is 5.02 Å². The number of carbonyl (C=O) groups excluding carboxylic acids is 2. The number of rotatable bonds is 5. The molecule has 2 amide bonds. The Morgan fingerprint density at radius 1 is 1.21 bits per heavy atom. The molecule has 10 heteroatoms. The Morgan fingerprint density at radius 3 is 2.73 bits per heavy atom. The Bertz CT molecular complexity index is 1290. The lowest BCUT2D eigenvalue weighted by Gasteiger charge is -2.20. The summed E-state index contributed by atoms with van der Waals surface area (Å²) in [6, 6.07) is 5.43. The van der Waals surface area contributed by atoms with Gasteiger partial charge in [-0.25, -0.2) is 14.4 Å². The summed E-state index contributed by atoms with van der Waals surface area (Å²) in [7, 11) is 0. The van der Waals surface area contributed by atoms with Crippen molar-refractivity contribution in [1.82, 2.24) is 20.2 Å². The molecule has 6 rings (SSSR count). The topological polar surface area (TPSA) is 84.4 Å². The number of carbonyl (C=O) groups is 2. The van der Waals surface area contributed by atoms with Gasteiger partial charge >= 0.3 is 0 Å². The molecule has 0 spiro atoms. The van der Waals surface area contributed by atoms with Gasteiger partial charge in [0.1, 0.15) is 18.2 Å². The number of thiophene rings is 1. The number of alkyl halides is 1. The number of nitrogens with one attached hydrogen (secondary N) is 1. The molecule has 3 aromatic rings. The summed E-state index contributed by atoms with van der Waals surface area (Å²) < 4.78 is 21.2. The van der Waals surface area contributed by atoms with E-state index in [9.17, 15) is 14.0 Å². The highest BCUT2D eigenvalue weighted by atomic mass is 35.5. The third kappa shape index (κ3) is 3.50. The van der Waals surface area contributed by atoms with E-state index < -0.39 is 12.3 Å². The number of hydrogen-bond acceptors (Lipinski definition) is 7. The largest absolute Gasteiger partial charge is 0.485 e. The van der Waals surface area contributed by atoms with Gasteiger partial charge in [0.05, 0.1) is 34.3 Å². The number of fused-ring (bicyclic) bond motifs is 2. The fourth-order valence-electron chi connectivity index (χ4n) is 4.69. The van der Waals surface area contributed by atoms with Gasteiger partial charge in [0.2, 0.25) is 11.8 Å². The Balaban J connectivity index is 1.39. The Kier molecular flexibility index (Phi) is 4.90. The van der Waals surface area contributed by atoms with E-state index in [1.54, 1.807) is 12.1 Å². The summed E-state index contributed by atoms with van der Waals surface area (Å²) in [6.07, 6.45) is 0.445. The van der Waals surface area contributed by atoms with Crippen LogP contribution in [-0.4, -0.2) is 52.0 Å². The molecule has 4 heterocycles. The number of amides is 2. The number of halogens is 2. The van der Waals surface area contributed by atoms with Crippen LogP contribution in [0.4, 0.5) is 4.39 Å². The van der Waals surface area contributed by atoms with E-state index in [0.29, 0.717) is 40.5 Å². The number of hydrogen-bond donors (Lipinski definition) is 1. The minimum Gasteiger partial charge on any atom is -0.485 e. The Hall–Kier alpha value is -2.62. The van der Waals surface area contributed by atoms with Gasteiger partial charge in [0, 0.05) is 28.6 Å². The quantitative estimate of drug-likeness (QED) is 0.555. The molecule has 2 aliphatic heterocycles. The zero-order chi connectivity index (χ0) is 22.9. The molecule has 0 radical (unpaired) electrons. The highest BCUT2D eigenvalue weighted by Crippen LogP contribution is 2.48. The number of ether oxygens (including phenoxy) is 1. The smallest absolute Gasteiger partial charge is 0.233 e. The minimum atomic E-state index is -1.10. The number of aromatic nitrogens is 2. The van der Waals surface area contributed by atoms with Crippen molar-refractivity contribution in [2.24, 2.45) is 11.8 Å². The highest BCUT2D eigenvalue weighted by molar-refractivity contribution is 7.19. The summed E-state index contributed by atoms with van der Waals surface area (Å²) in [4.78, 5) is 35.9. The van der Waals surface area contributed by atoms with Crippen LogP contribution in [0.15, 0.2) is 24.5 Å². The molecule has 4 atom stereocenters. The summed E-state index contributed by atoms with van der Waals surface area (Å²) in [5.41, 5.74) is 2.78. The predicted molar refractivity (Wildman–Crippen MR) is 122 cm³/mol. The molecule has 1 aliphatic carbocycles. The van der Waals surface area contributed by atoms with Crippen LogP contribution >= 0.6 is 22.9 Å². The van der Waals surface area contributed by atoms with E-state index in [4.69, 9.17) is 16.3 Å². The molecule has 3 fully saturated rings. The number of piperidine rings is 1. The van der Waals surface area contributed by atoms with E-state index in [0.717, 1.165) is 15.1 Å². The van der Waals surface area contributed by atoms with Crippen molar-refractivity contribution in [2.45, 2.75) is 32.2 Å². The minimum absolute atomic E-state index is 0.0825. The number of aryl methyl sites for hydroxylation is 1. The standard InChI is InChI=1S/C23H20ClFN4O3S/c1-10-2-11(24)3-15(20(10)32-18-7-26-6-16(18)25)19-21-17(27-9-28-19)4-12(33-21)8-29-22(30)13-5-14(13)23(29)31/h2-4,9,13-14,16,18,26H,5-8H2,1H3/t13?,14?,16-,18+/m0/s1. The molecule has 170 valence electrons. The summed E-state index contributed by atoms with van der Waals surface area (Å²) >= 11 is 7.81. The molecule has 0 bridgehead atoms. The van der Waals surface area contributed by atoms with Crippen molar-refractivity contribution in [3.8, 4) is 17.0 Å². The lowest BCUT2D eigenvalue weighted by Crippen LogP contribution is -2.31. The maximum absolute atomic E-state index is 14.3. The maximum Gasteiger partial charge on any atom is 0.233 e. The first-order valence-corrected chi connectivity index (χ1v) is 12.0. The van der Waals surface area contributed by atoms with E-state index in [1.807, 2.05) is 13.0 Å². The zero-order valence-corrected chi connectivity index (χ0v) is 19.3. The van der Waals surface area contributed by atoms with Gasteiger partial charge < -0.3 is 10.1 Å². The normalized spacial score (nSPS) is 26.3. The summed E-state index contributed by atoms with van der Waals surface area (Å²) in [6.45, 7) is 2.79. The van der Waals surface area contributed by atoms with Crippen LogP contribution in [0.25, 0.3) is 21.5 Å². The van der Waals surface area contributed by atoms with Crippen LogP contribution in [0, 0.1) is 18.8 Å². The molecular weight excluding hydrogens is 467 g/mol. The monoisotopic (exact) mass is 486 g/mol. The van der Waals surface area contributed by atoms with Crippen LogP contribution in [-0.2, 0) is 16.1 Å². The van der Waals surface area contributed by atoms with E-state index >= 15 is 0 Å². The Labute approximate surface area is 197 Å². The molecule has 2 aromatic heterocycles. The van der Waals surface area contributed by atoms with Crippen LogP contribution in [0.3, 0.4) is 0 Å². The second kappa shape index (κ2) is 7.72. The first-order valence-electron chi connectivity index (χ1n) is 10.8. The molecular formula is C23H20ClFN4O3S. The lowest BCUT2D eigenvalue weighted by atomic mass is 10.1. The number of nitrogens with zero attached hydrogens (tertiary/aromatic N) is 3. The van der Waals surface area contributed by atoms with Crippen molar-refractivity contribution in [1.29, 1.82) is 0 Å². The molecule has 33 heavy (non-hydrogen) atoms. The fourth-order valence-corrected chi connectivity index (χ4v) is 6.06. The molecule has 1 N–H and O–H groups in total. The van der Waals surface area contributed by atoms with E-state index in [-0.39, 0.29) is 36.7 Å². The third-order valence-electron chi connectivity index (χ3n) is 6.49. The summed E-state index contributed by atoms with van der Waals surface area (Å²) in [5.74, 6) is 0.124. The van der Waals surface area contributed by atoms with Gasteiger partial charge in [-0.15, -0.1) is 11.3 Å². The number of likely N-dealkylation sites (tertiary alicyclic amines) is 1. The molecule has 2 saturated heterocycles. The van der Waals surface area contributed by atoms with Crippen LogP contribution < -0.4 is 10.1 Å². The van der Waals surface area contributed by atoms with Crippen molar-refractivity contribution >= 4 is 45.0 Å². The molecule has 2 unspecified atom stereocenters.